The van der Waals surface area contributed by atoms with Crippen molar-refractivity contribution < 1.29 is 18.7 Å². The normalized spacial score (nSPS) is 13.8. The molecule has 0 atom stereocenters. The summed E-state index contributed by atoms with van der Waals surface area (Å²) < 4.78 is 25.8. The molecule has 1 amide bonds. The number of aryl methyl sites for hydroxylation is 1. The van der Waals surface area contributed by atoms with Crippen LogP contribution in [0.4, 0.5) is 10.3 Å². The van der Waals surface area contributed by atoms with Gasteiger partial charge in [0, 0.05) is 19.2 Å². The van der Waals surface area contributed by atoms with Crippen molar-refractivity contribution in [3.05, 3.63) is 59.7 Å². The van der Waals surface area contributed by atoms with Gasteiger partial charge >= 0.3 is 0 Å². The maximum absolute atomic E-state index is 13.6. The number of carbonyl (C=O) groups is 1. The zero-order valence-electron chi connectivity index (χ0n) is 15.2. The molecule has 1 aliphatic rings. The van der Waals surface area contributed by atoms with Crippen LogP contribution in [0.2, 0.25) is 0 Å². The molecule has 0 saturated heterocycles. The van der Waals surface area contributed by atoms with Gasteiger partial charge in [-0.25, -0.2) is 4.98 Å². The fraction of sp³-hybridized carbons (Fsp3) is 0.263. The Bertz CT molecular complexity index is 992. The van der Waals surface area contributed by atoms with E-state index in [0.29, 0.717) is 37.7 Å². The minimum atomic E-state index is -0.685. The van der Waals surface area contributed by atoms with Gasteiger partial charge in [-0.1, -0.05) is 30.3 Å². The molecule has 144 valence electrons. The average molecular weight is 383 g/mol. The Morgan fingerprint density at radius 1 is 1.21 bits per heavy atom. The smallest absolute Gasteiger partial charge is 0.279 e. The molecule has 3 heterocycles. The molecule has 0 spiro atoms. The second-order valence-electron chi connectivity index (χ2n) is 6.20. The van der Waals surface area contributed by atoms with Crippen molar-refractivity contribution in [2.75, 3.05) is 18.6 Å². The molecular formula is C19H18FN5O3. The summed E-state index contributed by atoms with van der Waals surface area (Å²) >= 11 is 0. The largest absolute Gasteiger partial charge is 0.479 e. The van der Waals surface area contributed by atoms with Crippen molar-refractivity contribution in [2.24, 2.45) is 0 Å². The molecular weight excluding hydrogens is 365 g/mol. The SMILES string of the molecule is COc1nc(N2CCCn3nc(OCc4ccccc4)cc3C2=O)ncc1F. The Kier molecular flexibility index (Phi) is 4.88. The third-order valence-corrected chi connectivity index (χ3v) is 4.34. The summed E-state index contributed by atoms with van der Waals surface area (Å²) in [7, 11) is 1.31. The van der Waals surface area contributed by atoms with Crippen LogP contribution in [-0.4, -0.2) is 39.3 Å². The van der Waals surface area contributed by atoms with Gasteiger partial charge in [0.15, 0.2) is 0 Å². The molecule has 0 saturated carbocycles. The standard InChI is InChI=1S/C19H18FN5O3/c1-27-17-14(20)11-21-19(22-17)24-8-5-9-25-15(18(24)26)10-16(23-25)28-12-13-6-3-2-4-7-13/h2-4,6-7,10-11H,5,8-9,12H2,1H3. The number of hydrogen-bond donors (Lipinski definition) is 0. The lowest BCUT2D eigenvalue weighted by Gasteiger charge is -2.18. The van der Waals surface area contributed by atoms with Gasteiger partial charge < -0.3 is 9.47 Å². The molecule has 0 bridgehead atoms. The average Bonchev–Trinajstić information content (AvgIpc) is 3.07. The van der Waals surface area contributed by atoms with Crippen LogP contribution in [0.1, 0.15) is 22.5 Å². The number of anilines is 1. The fourth-order valence-corrected chi connectivity index (χ4v) is 2.96. The molecule has 0 N–H and O–H groups in total. The fourth-order valence-electron chi connectivity index (χ4n) is 2.96. The van der Waals surface area contributed by atoms with E-state index >= 15 is 0 Å². The van der Waals surface area contributed by atoms with Gasteiger partial charge in [-0.05, 0) is 12.0 Å². The first kappa shape index (κ1) is 17.9. The molecule has 0 unspecified atom stereocenters. The number of benzene rings is 1. The number of aromatic nitrogens is 4. The summed E-state index contributed by atoms with van der Waals surface area (Å²) in [4.78, 5) is 22.3. The predicted octanol–water partition coefficient (Wildman–Crippen LogP) is 2.45. The van der Waals surface area contributed by atoms with Crippen LogP contribution in [0.25, 0.3) is 0 Å². The monoisotopic (exact) mass is 383 g/mol. The second kappa shape index (κ2) is 7.63. The lowest BCUT2D eigenvalue weighted by atomic mass is 10.2. The van der Waals surface area contributed by atoms with Crippen LogP contribution in [-0.2, 0) is 13.2 Å². The maximum Gasteiger partial charge on any atom is 0.279 e. The maximum atomic E-state index is 13.6. The van der Waals surface area contributed by atoms with Crippen molar-refractivity contribution in [2.45, 2.75) is 19.6 Å². The number of methoxy groups -OCH3 is 1. The van der Waals surface area contributed by atoms with E-state index in [0.717, 1.165) is 11.8 Å². The lowest BCUT2D eigenvalue weighted by molar-refractivity contribution is 0.0980. The highest BCUT2D eigenvalue weighted by molar-refractivity contribution is 6.04. The number of ether oxygens (including phenoxy) is 2. The van der Waals surface area contributed by atoms with Gasteiger partial charge in [-0.2, -0.15) is 9.37 Å². The van der Waals surface area contributed by atoms with E-state index in [-0.39, 0.29) is 17.7 Å². The van der Waals surface area contributed by atoms with Crippen LogP contribution in [0.5, 0.6) is 11.8 Å². The Labute approximate surface area is 160 Å². The number of amides is 1. The molecule has 0 radical (unpaired) electrons. The topological polar surface area (TPSA) is 82.4 Å². The molecule has 1 aliphatic heterocycles. The Morgan fingerprint density at radius 2 is 2.04 bits per heavy atom. The molecule has 28 heavy (non-hydrogen) atoms. The zero-order valence-corrected chi connectivity index (χ0v) is 15.2. The molecule has 8 nitrogen and oxygen atoms in total. The van der Waals surface area contributed by atoms with Crippen LogP contribution in [0, 0.1) is 5.82 Å². The number of carbonyl (C=O) groups excluding carboxylic acids is 1. The third kappa shape index (κ3) is 3.51. The van der Waals surface area contributed by atoms with Crippen molar-refractivity contribution in [1.29, 1.82) is 0 Å². The van der Waals surface area contributed by atoms with Gasteiger partial charge in [0.1, 0.15) is 12.3 Å². The van der Waals surface area contributed by atoms with Crippen molar-refractivity contribution in [1.82, 2.24) is 19.7 Å². The third-order valence-electron chi connectivity index (χ3n) is 4.34. The van der Waals surface area contributed by atoms with Crippen molar-refractivity contribution >= 4 is 11.9 Å². The second-order valence-corrected chi connectivity index (χ2v) is 6.20. The number of rotatable bonds is 5. The van der Waals surface area contributed by atoms with Gasteiger partial charge in [0.25, 0.3) is 11.8 Å². The highest BCUT2D eigenvalue weighted by atomic mass is 19.1. The Hall–Kier alpha value is -3.49. The zero-order chi connectivity index (χ0) is 19.5. The molecule has 3 aromatic rings. The number of halogens is 1. The van der Waals surface area contributed by atoms with Crippen LogP contribution < -0.4 is 14.4 Å². The van der Waals surface area contributed by atoms with Crippen molar-refractivity contribution in [3.63, 3.8) is 0 Å². The summed E-state index contributed by atoms with van der Waals surface area (Å²) in [6.45, 7) is 1.29. The molecule has 0 fully saturated rings. The number of hydrogen-bond acceptors (Lipinski definition) is 6. The first-order valence-corrected chi connectivity index (χ1v) is 8.78. The molecule has 2 aromatic heterocycles. The summed E-state index contributed by atoms with van der Waals surface area (Å²) in [5.41, 5.74) is 1.37. The first-order valence-electron chi connectivity index (χ1n) is 8.78. The molecule has 0 aliphatic carbocycles. The van der Waals surface area contributed by atoms with Crippen LogP contribution in [0.3, 0.4) is 0 Å². The van der Waals surface area contributed by atoms with E-state index in [1.54, 1.807) is 10.7 Å². The number of fused-ring (bicyclic) bond motifs is 1. The van der Waals surface area contributed by atoms with E-state index in [1.807, 2.05) is 30.3 Å². The summed E-state index contributed by atoms with van der Waals surface area (Å²) in [5, 5.41) is 4.37. The molecule has 1 aromatic carbocycles. The Balaban J connectivity index is 1.56. The Morgan fingerprint density at radius 3 is 2.82 bits per heavy atom. The highest BCUT2D eigenvalue weighted by Gasteiger charge is 2.28. The van der Waals surface area contributed by atoms with E-state index < -0.39 is 5.82 Å². The number of nitrogens with zero attached hydrogens (tertiary/aromatic N) is 5. The van der Waals surface area contributed by atoms with E-state index in [4.69, 9.17) is 9.47 Å². The van der Waals surface area contributed by atoms with Crippen LogP contribution >= 0.6 is 0 Å². The predicted molar refractivity (Wildman–Crippen MR) is 97.8 cm³/mol. The minimum absolute atomic E-state index is 0.0876. The van der Waals surface area contributed by atoms with Gasteiger partial charge in [-0.15, -0.1) is 5.10 Å². The highest BCUT2D eigenvalue weighted by Crippen LogP contribution is 2.23. The molecule has 4 rings (SSSR count). The minimum Gasteiger partial charge on any atom is -0.479 e. The van der Waals surface area contributed by atoms with E-state index in [1.165, 1.54) is 12.0 Å². The summed E-state index contributed by atoms with van der Waals surface area (Å²) in [6, 6.07) is 11.3. The van der Waals surface area contributed by atoms with Crippen LogP contribution in [0.15, 0.2) is 42.6 Å². The van der Waals surface area contributed by atoms with Gasteiger partial charge in [0.2, 0.25) is 17.6 Å². The summed E-state index contributed by atoms with van der Waals surface area (Å²) in [6.07, 6.45) is 1.63. The summed E-state index contributed by atoms with van der Waals surface area (Å²) in [5.74, 6) is -0.762. The van der Waals surface area contributed by atoms with E-state index in [9.17, 15) is 9.18 Å². The quantitative estimate of drug-likeness (QED) is 0.673. The van der Waals surface area contributed by atoms with Gasteiger partial charge in [0.05, 0.1) is 13.3 Å². The lowest BCUT2D eigenvalue weighted by Crippen LogP contribution is -2.32. The van der Waals surface area contributed by atoms with Crippen molar-refractivity contribution in [3.8, 4) is 11.8 Å². The van der Waals surface area contributed by atoms with E-state index in [2.05, 4.69) is 15.1 Å². The van der Waals surface area contributed by atoms with Gasteiger partial charge in [-0.3, -0.25) is 14.4 Å². The first-order chi connectivity index (χ1) is 13.7. The molecule has 9 heteroatoms.